The van der Waals surface area contributed by atoms with E-state index in [2.05, 4.69) is 32.3 Å². The molecule has 2 aliphatic rings. The van der Waals surface area contributed by atoms with Crippen LogP contribution in [0.25, 0.3) is 0 Å². The van der Waals surface area contributed by atoms with Gasteiger partial charge < -0.3 is 10.2 Å². The first-order valence-corrected chi connectivity index (χ1v) is 10.0. The number of rotatable bonds is 4. The molecule has 1 aliphatic carbocycles. The molecular formula is C23H35NO2. The van der Waals surface area contributed by atoms with Gasteiger partial charge in [0, 0.05) is 30.5 Å². The highest BCUT2D eigenvalue weighted by Gasteiger charge is 2.52. The number of hydrogen-bond donors (Lipinski definition) is 2. The Morgan fingerprint density at radius 2 is 1.88 bits per heavy atom. The van der Waals surface area contributed by atoms with Crippen LogP contribution in [0.5, 0.6) is 0 Å². The van der Waals surface area contributed by atoms with Crippen LogP contribution in [-0.4, -0.2) is 39.8 Å². The summed E-state index contributed by atoms with van der Waals surface area (Å²) in [5, 5.41) is 22.4. The van der Waals surface area contributed by atoms with Crippen molar-refractivity contribution in [1.29, 1.82) is 0 Å². The van der Waals surface area contributed by atoms with Gasteiger partial charge in [-0.3, -0.25) is 4.90 Å². The minimum Gasteiger partial charge on any atom is -0.393 e. The zero-order chi connectivity index (χ0) is 19.1. The van der Waals surface area contributed by atoms with E-state index >= 15 is 0 Å². The van der Waals surface area contributed by atoms with E-state index < -0.39 is 5.60 Å². The van der Waals surface area contributed by atoms with Crippen molar-refractivity contribution in [1.82, 2.24) is 4.90 Å². The van der Waals surface area contributed by atoms with Crippen LogP contribution in [0.2, 0.25) is 0 Å². The molecule has 0 radical (unpaired) electrons. The lowest BCUT2D eigenvalue weighted by Gasteiger charge is -2.47. The Morgan fingerprint density at radius 1 is 1.23 bits per heavy atom. The Labute approximate surface area is 158 Å². The van der Waals surface area contributed by atoms with Gasteiger partial charge in [0.2, 0.25) is 0 Å². The first-order chi connectivity index (χ1) is 12.2. The maximum Gasteiger partial charge on any atom is 0.110 e. The van der Waals surface area contributed by atoms with E-state index in [0.29, 0.717) is 12.5 Å². The SMILES string of the molecule is C=C(C)[C@H]1CN(C(C)(C)[C@@H]2CC[C@@H](C)C[C@H]2O)C[C@]1(O)c1ccccc1. The summed E-state index contributed by atoms with van der Waals surface area (Å²) in [6, 6.07) is 10.00. The number of β-amino-alcohol motifs (C(OH)–C–C–N with tert-alkyl or cyclic N) is 1. The third-order valence-electron chi connectivity index (χ3n) is 7.08. The summed E-state index contributed by atoms with van der Waals surface area (Å²) in [5.74, 6) is 0.839. The van der Waals surface area contributed by atoms with Crippen molar-refractivity contribution in [3.05, 3.63) is 48.0 Å². The van der Waals surface area contributed by atoms with Gasteiger partial charge in [0.1, 0.15) is 5.60 Å². The van der Waals surface area contributed by atoms with Crippen LogP contribution >= 0.6 is 0 Å². The normalized spacial score (nSPS) is 36.2. The summed E-state index contributed by atoms with van der Waals surface area (Å²) in [6.45, 7) is 14.3. The summed E-state index contributed by atoms with van der Waals surface area (Å²) in [6.07, 6.45) is 2.84. The number of aliphatic hydroxyl groups is 2. The maximum absolute atomic E-state index is 11.7. The summed E-state index contributed by atoms with van der Waals surface area (Å²) in [4.78, 5) is 2.39. The van der Waals surface area contributed by atoms with Crippen LogP contribution in [0.15, 0.2) is 42.5 Å². The molecule has 0 bridgehead atoms. The Balaban J connectivity index is 1.89. The second-order valence-corrected chi connectivity index (χ2v) is 9.32. The zero-order valence-electron chi connectivity index (χ0n) is 16.8. The molecule has 2 fully saturated rings. The molecule has 3 heteroatoms. The van der Waals surface area contributed by atoms with E-state index in [-0.39, 0.29) is 23.5 Å². The predicted molar refractivity (Wildman–Crippen MR) is 107 cm³/mol. The Morgan fingerprint density at radius 3 is 2.46 bits per heavy atom. The Kier molecular flexibility index (Phi) is 5.35. The average Bonchev–Trinajstić information content (AvgIpc) is 2.95. The fourth-order valence-electron chi connectivity index (χ4n) is 5.27. The largest absolute Gasteiger partial charge is 0.393 e. The van der Waals surface area contributed by atoms with E-state index in [1.807, 2.05) is 37.3 Å². The van der Waals surface area contributed by atoms with Crippen LogP contribution in [0, 0.1) is 17.8 Å². The topological polar surface area (TPSA) is 43.7 Å². The van der Waals surface area contributed by atoms with Gasteiger partial charge in [-0.15, -0.1) is 0 Å². The van der Waals surface area contributed by atoms with E-state index in [4.69, 9.17) is 0 Å². The second kappa shape index (κ2) is 7.10. The summed E-state index contributed by atoms with van der Waals surface area (Å²) >= 11 is 0. The van der Waals surface area contributed by atoms with Gasteiger partial charge in [-0.25, -0.2) is 0 Å². The predicted octanol–water partition coefficient (Wildman–Crippen LogP) is 3.96. The molecule has 1 saturated heterocycles. The van der Waals surface area contributed by atoms with Gasteiger partial charge in [0.25, 0.3) is 0 Å². The molecule has 26 heavy (non-hydrogen) atoms. The molecule has 144 valence electrons. The van der Waals surface area contributed by atoms with Crippen LogP contribution < -0.4 is 0 Å². The highest BCUT2D eigenvalue weighted by atomic mass is 16.3. The van der Waals surface area contributed by atoms with Crippen molar-refractivity contribution in [2.75, 3.05) is 13.1 Å². The van der Waals surface area contributed by atoms with E-state index in [1.54, 1.807) is 0 Å². The van der Waals surface area contributed by atoms with Crippen molar-refractivity contribution in [2.24, 2.45) is 17.8 Å². The Bertz CT molecular complexity index is 641. The smallest absolute Gasteiger partial charge is 0.110 e. The highest BCUT2D eigenvalue weighted by molar-refractivity contribution is 5.30. The molecule has 0 unspecified atom stereocenters. The minimum absolute atomic E-state index is 0.00355. The molecule has 2 N–H and O–H groups in total. The lowest BCUT2D eigenvalue weighted by Crippen LogP contribution is -2.54. The summed E-state index contributed by atoms with van der Waals surface area (Å²) in [7, 11) is 0. The molecule has 1 aromatic rings. The maximum atomic E-state index is 11.7. The van der Waals surface area contributed by atoms with Crippen LogP contribution in [0.1, 0.15) is 52.5 Å². The summed E-state index contributed by atoms with van der Waals surface area (Å²) < 4.78 is 0. The number of benzene rings is 1. The summed E-state index contributed by atoms with van der Waals surface area (Å²) in [5.41, 5.74) is 0.903. The van der Waals surface area contributed by atoms with Gasteiger partial charge >= 0.3 is 0 Å². The molecule has 1 aliphatic heterocycles. The quantitative estimate of drug-likeness (QED) is 0.802. The molecule has 1 heterocycles. The first kappa shape index (κ1) is 19.6. The average molecular weight is 358 g/mol. The number of hydrogen-bond acceptors (Lipinski definition) is 3. The first-order valence-electron chi connectivity index (χ1n) is 10.0. The van der Waals surface area contributed by atoms with Gasteiger partial charge in [-0.1, -0.05) is 55.8 Å². The van der Waals surface area contributed by atoms with Crippen molar-refractivity contribution < 1.29 is 10.2 Å². The number of nitrogens with zero attached hydrogens (tertiary/aromatic N) is 1. The molecule has 5 atom stereocenters. The standard InChI is InChI=1S/C23H35NO2/c1-16(2)20-14-24(15-23(20,26)18-9-7-6-8-10-18)22(4,5)19-12-11-17(3)13-21(19)25/h6-10,17,19-21,25-26H,1,11-15H2,2-5H3/t17-,19-,20-,21-,23+/m1/s1. The molecule has 0 spiro atoms. The van der Waals surface area contributed by atoms with E-state index in [0.717, 1.165) is 30.5 Å². The monoisotopic (exact) mass is 357 g/mol. The van der Waals surface area contributed by atoms with Gasteiger partial charge in [-0.05, 0) is 45.1 Å². The molecule has 3 nitrogen and oxygen atoms in total. The number of likely N-dealkylation sites (tertiary alicyclic amines) is 1. The van der Waals surface area contributed by atoms with E-state index in [1.165, 1.54) is 6.42 Å². The molecule has 0 aromatic heterocycles. The van der Waals surface area contributed by atoms with Crippen molar-refractivity contribution in [2.45, 2.75) is 64.2 Å². The lowest BCUT2D eigenvalue weighted by molar-refractivity contribution is -0.0490. The molecule has 3 rings (SSSR count). The van der Waals surface area contributed by atoms with Crippen LogP contribution in [0.4, 0.5) is 0 Å². The fourth-order valence-corrected chi connectivity index (χ4v) is 5.27. The van der Waals surface area contributed by atoms with Gasteiger partial charge in [-0.2, -0.15) is 0 Å². The van der Waals surface area contributed by atoms with Crippen LogP contribution in [0.3, 0.4) is 0 Å². The molecule has 1 aromatic carbocycles. The highest BCUT2D eigenvalue weighted by Crippen LogP contribution is 2.46. The molecular weight excluding hydrogens is 322 g/mol. The van der Waals surface area contributed by atoms with Gasteiger partial charge in [0.15, 0.2) is 0 Å². The third kappa shape index (κ3) is 3.37. The second-order valence-electron chi connectivity index (χ2n) is 9.32. The Hall–Kier alpha value is -1.16. The number of aliphatic hydroxyl groups excluding tert-OH is 1. The fraction of sp³-hybridized carbons (Fsp3) is 0.652. The lowest BCUT2D eigenvalue weighted by atomic mass is 9.71. The minimum atomic E-state index is -0.919. The third-order valence-corrected chi connectivity index (χ3v) is 7.08. The molecule has 0 amide bonds. The van der Waals surface area contributed by atoms with Crippen molar-refractivity contribution >= 4 is 0 Å². The van der Waals surface area contributed by atoms with Crippen LogP contribution in [-0.2, 0) is 5.60 Å². The van der Waals surface area contributed by atoms with Crippen molar-refractivity contribution in [3.63, 3.8) is 0 Å². The zero-order valence-corrected chi connectivity index (χ0v) is 16.8. The van der Waals surface area contributed by atoms with Gasteiger partial charge in [0.05, 0.1) is 6.10 Å². The van der Waals surface area contributed by atoms with E-state index in [9.17, 15) is 10.2 Å². The van der Waals surface area contributed by atoms with Crippen molar-refractivity contribution in [3.8, 4) is 0 Å². The molecule has 1 saturated carbocycles.